The van der Waals surface area contributed by atoms with Gasteiger partial charge in [0.05, 0.1) is 6.61 Å². The lowest BCUT2D eigenvalue weighted by Gasteiger charge is -2.36. The first-order valence-corrected chi connectivity index (χ1v) is 6.17. The van der Waals surface area contributed by atoms with Crippen LogP contribution in [0, 0.1) is 5.41 Å². The predicted molar refractivity (Wildman–Crippen MR) is 63.9 cm³/mol. The van der Waals surface area contributed by atoms with Gasteiger partial charge < -0.3 is 9.84 Å². The van der Waals surface area contributed by atoms with Crippen molar-refractivity contribution in [2.24, 2.45) is 5.41 Å². The highest BCUT2D eigenvalue weighted by Gasteiger charge is 2.51. The average molecular weight is 246 g/mol. The standard InChI is InChI=1S/C14H14O4/c15-12(14(13(16)17)5-1-6-14)10-2-3-11-9(8-10)4-7-18-11/h2-3,8H,1,4-7H2,(H,16,17). The molecule has 1 aliphatic carbocycles. The predicted octanol–water partition coefficient (Wildman–Crippen LogP) is 2.06. The van der Waals surface area contributed by atoms with Crippen LogP contribution in [0.1, 0.15) is 35.2 Å². The van der Waals surface area contributed by atoms with Crippen molar-refractivity contribution in [3.05, 3.63) is 29.3 Å². The number of Topliss-reactive ketones (excluding diaryl/α,β-unsaturated/α-hetero) is 1. The molecule has 1 aliphatic heterocycles. The van der Waals surface area contributed by atoms with E-state index in [0.717, 1.165) is 24.2 Å². The van der Waals surface area contributed by atoms with Crippen molar-refractivity contribution in [2.75, 3.05) is 6.61 Å². The van der Waals surface area contributed by atoms with Gasteiger partial charge in [-0.2, -0.15) is 0 Å². The van der Waals surface area contributed by atoms with Gasteiger partial charge in [-0.05, 0) is 36.6 Å². The monoisotopic (exact) mass is 246 g/mol. The van der Waals surface area contributed by atoms with Gasteiger partial charge >= 0.3 is 5.97 Å². The lowest BCUT2D eigenvalue weighted by molar-refractivity contribution is -0.150. The van der Waals surface area contributed by atoms with Gasteiger partial charge in [-0.25, -0.2) is 0 Å². The molecule has 2 aliphatic rings. The molecular weight excluding hydrogens is 232 g/mol. The molecule has 1 saturated carbocycles. The average Bonchev–Trinajstić information content (AvgIpc) is 2.73. The first-order valence-electron chi connectivity index (χ1n) is 6.17. The number of hydrogen-bond acceptors (Lipinski definition) is 3. The van der Waals surface area contributed by atoms with Gasteiger partial charge in [0, 0.05) is 12.0 Å². The molecule has 1 heterocycles. The van der Waals surface area contributed by atoms with Crippen LogP contribution < -0.4 is 4.74 Å². The summed E-state index contributed by atoms with van der Waals surface area (Å²) in [6, 6.07) is 5.23. The van der Waals surface area contributed by atoms with Crippen molar-refractivity contribution in [1.82, 2.24) is 0 Å². The number of carboxylic acids is 1. The van der Waals surface area contributed by atoms with Gasteiger partial charge in [-0.3, -0.25) is 9.59 Å². The molecule has 0 aromatic heterocycles. The van der Waals surface area contributed by atoms with E-state index in [1.807, 2.05) is 0 Å². The lowest BCUT2D eigenvalue weighted by Crippen LogP contribution is -2.45. The van der Waals surface area contributed by atoms with E-state index in [0.29, 0.717) is 25.0 Å². The van der Waals surface area contributed by atoms with Crippen molar-refractivity contribution < 1.29 is 19.4 Å². The summed E-state index contributed by atoms with van der Waals surface area (Å²) in [6.45, 7) is 0.636. The third-order valence-corrected chi connectivity index (χ3v) is 4.00. The minimum atomic E-state index is -1.17. The first kappa shape index (κ1) is 11.3. The molecule has 0 amide bonds. The zero-order chi connectivity index (χ0) is 12.8. The Hall–Kier alpha value is -1.84. The van der Waals surface area contributed by atoms with Crippen LogP contribution in [-0.2, 0) is 11.2 Å². The minimum Gasteiger partial charge on any atom is -0.493 e. The van der Waals surface area contributed by atoms with E-state index in [1.165, 1.54) is 0 Å². The molecule has 0 atom stereocenters. The maximum atomic E-state index is 12.4. The molecule has 94 valence electrons. The van der Waals surface area contributed by atoms with E-state index in [-0.39, 0.29) is 5.78 Å². The van der Waals surface area contributed by atoms with E-state index in [2.05, 4.69) is 0 Å². The molecular formula is C14H14O4. The van der Waals surface area contributed by atoms with E-state index in [9.17, 15) is 14.7 Å². The van der Waals surface area contributed by atoms with Crippen molar-refractivity contribution in [2.45, 2.75) is 25.7 Å². The highest BCUT2D eigenvalue weighted by Crippen LogP contribution is 2.44. The van der Waals surface area contributed by atoms with Gasteiger partial charge in [0.1, 0.15) is 11.2 Å². The quantitative estimate of drug-likeness (QED) is 0.655. The number of carboxylic acid groups (broad SMARTS) is 1. The molecule has 1 fully saturated rings. The number of benzene rings is 1. The van der Waals surface area contributed by atoms with E-state index < -0.39 is 11.4 Å². The zero-order valence-corrected chi connectivity index (χ0v) is 9.94. The fourth-order valence-corrected chi connectivity index (χ4v) is 2.67. The van der Waals surface area contributed by atoms with E-state index in [1.54, 1.807) is 18.2 Å². The fourth-order valence-electron chi connectivity index (χ4n) is 2.67. The van der Waals surface area contributed by atoms with Crippen LogP contribution in [0.3, 0.4) is 0 Å². The Labute approximate surface area is 105 Å². The second kappa shape index (κ2) is 3.83. The highest BCUT2D eigenvalue weighted by atomic mass is 16.5. The van der Waals surface area contributed by atoms with Crippen molar-refractivity contribution in [1.29, 1.82) is 0 Å². The smallest absolute Gasteiger partial charge is 0.317 e. The van der Waals surface area contributed by atoms with Crippen LogP contribution in [-0.4, -0.2) is 23.5 Å². The van der Waals surface area contributed by atoms with Crippen LogP contribution in [0.5, 0.6) is 5.75 Å². The van der Waals surface area contributed by atoms with Crippen LogP contribution in [0.15, 0.2) is 18.2 Å². The fraction of sp³-hybridized carbons (Fsp3) is 0.429. The topological polar surface area (TPSA) is 63.6 Å². The maximum absolute atomic E-state index is 12.4. The Morgan fingerprint density at radius 1 is 1.28 bits per heavy atom. The number of carbonyl (C=O) groups is 2. The molecule has 0 radical (unpaired) electrons. The Kier molecular flexibility index (Phi) is 2.40. The molecule has 1 N–H and O–H groups in total. The van der Waals surface area contributed by atoms with E-state index >= 15 is 0 Å². The Balaban J connectivity index is 1.95. The summed E-state index contributed by atoms with van der Waals surface area (Å²) >= 11 is 0. The molecule has 0 unspecified atom stereocenters. The summed E-state index contributed by atoms with van der Waals surface area (Å²) in [5.41, 5.74) is 0.329. The third-order valence-electron chi connectivity index (χ3n) is 4.00. The summed E-state index contributed by atoms with van der Waals surface area (Å²) in [5, 5.41) is 9.26. The minimum absolute atomic E-state index is 0.254. The number of rotatable bonds is 3. The van der Waals surface area contributed by atoms with E-state index in [4.69, 9.17) is 4.74 Å². The van der Waals surface area contributed by atoms with Crippen molar-refractivity contribution in [3.63, 3.8) is 0 Å². The molecule has 4 nitrogen and oxygen atoms in total. The second-order valence-corrected chi connectivity index (χ2v) is 4.99. The van der Waals surface area contributed by atoms with Gasteiger partial charge in [-0.15, -0.1) is 0 Å². The summed E-state index contributed by atoms with van der Waals surface area (Å²) in [4.78, 5) is 23.7. The molecule has 0 saturated heterocycles. The third kappa shape index (κ3) is 1.45. The van der Waals surface area contributed by atoms with Crippen molar-refractivity contribution in [3.8, 4) is 5.75 Å². The molecule has 3 rings (SSSR count). The molecule has 1 aromatic carbocycles. The lowest BCUT2D eigenvalue weighted by atomic mass is 9.64. The number of ketones is 1. The molecule has 0 spiro atoms. The number of carbonyl (C=O) groups excluding carboxylic acids is 1. The van der Waals surface area contributed by atoms with Crippen LogP contribution in [0.25, 0.3) is 0 Å². The van der Waals surface area contributed by atoms with Gasteiger partial charge in [-0.1, -0.05) is 6.42 Å². The van der Waals surface area contributed by atoms with Crippen LogP contribution >= 0.6 is 0 Å². The summed E-state index contributed by atoms with van der Waals surface area (Å²) in [6.07, 6.45) is 2.51. The second-order valence-electron chi connectivity index (χ2n) is 4.99. The Morgan fingerprint density at radius 3 is 2.67 bits per heavy atom. The Morgan fingerprint density at radius 2 is 2.06 bits per heavy atom. The van der Waals surface area contributed by atoms with Gasteiger partial charge in [0.15, 0.2) is 5.78 Å². The highest BCUT2D eigenvalue weighted by molar-refractivity contribution is 6.12. The molecule has 0 bridgehead atoms. The number of fused-ring (bicyclic) bond motifs is 1. The van der Waals surface area contributed by atoms with Crippen molar-refractivity contribution >= 4 is 11.8 Å². The van der Waals surface area contributed by atoms with Gasteiger partial charge in [0.2, 0.25) is 0 Å². The first-order chi connectivity index (χ1) is 8.63. The normalized spacial score (nSPS) is 19.6. The Bertz CT molecular complexity index is 529. The SMILES string of the molecule is O=C(O)C1(C(=O)c2ccc3c(c2)CCO3)CCC1. The molecule has 1 aromatic rings. The van der Waals surface area contributed by atoms with Gasteiger partial charge in [0.25, 0.3) is 0 Å². The summed E-state index contributed by atoms with van der Waals surface area (Å²) in [7, 11) is 0. The number of hydrogen-bond donors (Lipinski definition) is 1. The number of aliphatic carboxylic acids is 1. The maximum Gasteiger partial charge on any atom is 0.317 e. The molecule has 4 heteroatoms. The largest absolute Gasteiger partial charge is 0.493 e. The summed E-state index contributed by atoms with van der Waals surface area (Å²) in [5.74, 6) is -0.434. The summed E-state index contributed by atoms with van der Waals surface area (Å²) < 4.78 is 5.38. The van der Waals surface area contributed by atoms with Crippen LogP contribution in [0.4, 0.5) is 0 Å². The zero-order valence-electron chi connectivity index (χ0n) is 9.94. The number of ether oxygens (including phenoxy) is 1. The van der Waals surface area contributed by atoms with Crippen LogP contribution in [0.2, 0.25) is 0 Å². The molecule has 18 heavy (non-hydrogen) atoms.